The van der Waals surface area contributed by atoms with Crippen molar-refractivity contribution in [1.82, 2.24) is 5.32 Å². The van der Waals surface area contributed by atoms with Gasteiger partial charge in [-0.2, -0.15) is 0 Å². The second kappa shape index (κ2) is 6.06. The van der Waals surface area contributed by atoms with Gasteiger partial charge in [-0.1, -0.05) is 25.1 Å². The first-order chi connectivity index (χ1) is 8.33. The number of fused-ring (bicyclic) bond motifs is 1. The molecule has 2 heteroatoms. The summed E-state index contributed by atoms with van der Waals surface area (Å²) in [5.74, 6) is 0. The lowest BCUT2D eigenvalue weighted by molar-refractivity contribution is 0.565. The smallest absolute Gasteiger partial charge is 0.0401 e. The topological polar surface area (TPSA) is 15.3 Å². The molecule has 2 rings (SSSR count). The number of anilines is 1. The Bertz CT molecular complexity index is 349. The Hall–Kier alpha value is -1.02. The Balaban J connectivity index is 2.16. The molecule has 1 aliphatic heterocycles. The molecule has 17 heavy (non-hydrogen) atoms. The Morgan fingerprint density at radius 3 is 2.94 bits per heavy atom. The molecule has 1 unspecified atom stereocenters. The van der Waals surface area contributed by atoms with Gasteiger partial charge in [-0.15, -0.1) is 0 Å². The van der Waals surface area contributed by atoms with Crippen molar-refractivity contribution in [3.8, 4) is 0 Å². The van der Waals surface area contributed by atoms with Crippen molar-refractivity contribution in [2.45, 2.75) is 39.2 Å². The third kappa shape index (κ3) is 3.01. The van der Waals surface area contributed by atoms with Gasteiger partial charge in [0.15, 0.2) is 0 Å². The van der Waals surface area contributed by atoms with Crippen molar-refractivity contribution in [2.24, 2.45) is 0 Å². The summed E-state index contributed by atoms with van der Waals surface area (Å²) in [7, 11) is 0. The summed E-state index contributed by atoms with van der Waals surface area (Å²) in [6.45, 7) is 7.82. The molecule has 0 aromatic heterocycles. The molecule has 0 spiro atoms. The molecule has 0 aliphatic carbocycles. The number of para-hydroxylation sites is 1. The summed E-state index contributed by atoms with van der Waals surface area (Å²) in [4.78, 5) is 2.57. The third-order valence-electron chi connectivity index (χ3n) is 3.62. The number of aryl methyl sites for hydroxylation is 1. The van der Waals surface area contributed by atoms with E-state index in [4.69, 9.17) is 0 Å². The zero-order chi connectivity index (χ0) is 12.1. The molecule has 1 aromatic carbocycles. The first kappa shape index (κ1) is 12.4. The molecule has 0 radical (unpaired) electrons. The molecule has 0 saturated heterocycles. The molecule has 1 aliphatic rings. The van der Waals surface area contributed by atoms with Crippen LogP contribution in [-0.2, 0) is 6.42 Å². The van der Waals surface area contributed by atoms with E-state index in [1.807, 2.05) is 0 Å². The summed E-state index contributed by atoms with van der Waals surface area (Å²) in [5, 5.41) is 3.45. The molecule has 94 valence electrons. The molecule has 2 nitrogen and oxygen atoms in total. The third-order valence-corrected chi connectivity index (χ3v) is 3.62. The van der Waals surface area contributed by atoms with Crippen LogP contribution < -0.4 is 10.2 Å². The normalized spacial score (nSPS) is 17.4. The minimum absolute atomic E-state index is 0.578. The van der Waals surface area contributed by atoms with E-state index in [0.717, 1.165) is 13.1 Å². The lowest BCUT2D eigenvalue weighted by Crippen LogP contribution is -2.41. The van der Waals surface area contributed by atoms with Crippen LogP contribution in [0, 0.1) is 0 Å². The lowest BCUT2D eigenvalue weighted by atomic mass is 10.1. The van der Waals surface area contributed by atoms with Crippen molar-refractivity contribution in [3.63, 3.8) is 0 Å². The van der Waals surface area contributed by atoms with Crippen molar-refractivity contribution in [1.29, 1.82) is 0 Å². The van der Waals surface area contributed by atoms with Gasteiger partial charge in [0.2, 0.25) is 0 Å². The van der Waals surface area contributed by atoms with Crippen LogP contribution in [0.5, 0.6) is 0 Å². The van der Waals surface area contributed by atoms with Gasteiger partial charge in [0, 0.05) is 24.8 Å². The molecular formula is C15H24N2. The first-order valence-electron chi connectivity index (χ1n) is 6.88. The minimum Gasteiger partial charge on any atom is -0.367 e. The Morgan fingerprint density at radius 1 is 1.29 bits per heavy atom. The monoisotopic (exact) mass is 232 g/mol. The highest BCUT2D eigenvalue weighted by Gasteiger charge is 2.18. The number of nitrogens with one attached hydrogen (secondary N) is 1. The second-order valence-corrected chi connectivity index (χ2v) is 4.94. The van der Waals surface area contributed by atoms with Crippen LogP contribution >= 0.6 is 0 Å². The molecule has 0 amide bonds. The minimum atomic E-state index is 0.578. The van der Waals surface area contributed by atoms with E-state index < -0.39 is 0 Å². The zero-order valence-electron chi connectivity index (χ0n) is 11.1. The van der Waals surface area contributed by atoms with E-state index in [1.54, 1.807) is 0 Å². The predicted octanol–water partition coefficient (Wildman–Crippen LogP) is 2.83. The Morgan fingerprint density at radius 2 is 2.12 bits per heavy atom. The molecule has 1 heterocycles. The van der Waals surface area contributed by atoms with E-state index >= 15 is 0 Å². The quantitative estimate of drug-likeness (QED) is 0.858. The molecule has 1 aromatic rings. The summed E-state index contributed by atoms with van der Waals surface area (Å²) >= 11 is 0. The van der Waals surface area contributed by atoms with Crippen LogP contribution in [0.2, 0.25) is 0 Å². The maximum Gasteiger partial charge on any atom is 0.0401 e. The standard InChI is InChI=1S/C15H24N2/c1-3-16-12-13(2)17-11-7-6-9-14-8-4-5-10-15(14)17/h4-5,8,10,13,16H,3,6-7,9,11-12H2,1-2H3. The predicted molar refractivity (Wildman–Crippen MR) is 74.7 cm³/mol. The van der Waals surface area contributed by atoms with E-state index in [-0.39, 0.29) is 0 Å². The fraction of sp³-hybridized carbons (Fsp3) is 0.600. The summed E-state index contributed by atoms with van der Waals surface area (Å²) in [6, 6.07) is 9.47. The molecule has 1 N–H and O–H groups in total. The van der Waals surface area contributed by atoms with Crippen LogP contribution in [0.25, 0.3) is 0 Å². The molecule has 0 bridgehead atoms. The van der Waals surface area contributed by atoms with Crippen LogP contribution in [0.1, 0.15) is 32.3 Å². The lowest BCUT2D eigenvalue weighted by Gasteiger charge is -2.31. The van der Waals surface area contributed by atoms with Gasteiger partial charge in [0.1, 0.15) is 0 Å². The van der Waals surface area contributed by atoms with Gasteiger partial charge in [0.05, 0.1) is 0 Å². The highest BCUT2D eigenvalue weighted by molar-refractivity contribution is 5.55. The number of hydrogen-bond acceptors (Lipinski definition) is 2. The average molecular weight is 232 g/mol. The van der Waals surface area contributed by atoms with E-state index in [2.05, 4.69) is 48.3 Å². The average Bonchev–Trinajstić information content (AvgIpc) is 2.58. The maximum atomic E-state index is 3.45. The van der Waals surface area contributed by atoms with E-state index in [1.165, 1.54) is 37.1 Å². The van der Waals surface area contributed by atoms with Crippen molar-refractivity contribution in [3.05, 3.63) is 29.8 Å². The fourth-order valence-electron chi connectivity index (χ4n) is 2.64. The summed E-state index contributed by atoms with van der Waals surface area (Å²) in [6.07, 6.45) is 3.87. The molecular weight excluding hydrogens is 208 g/mol. The fourth-order valence-corrected chi connectivity index (χ4v) is 2.64. The van der Waals surface area contributed by atoms with Crippen LogP contribution in [-0.4, -0.2) is 25.7 Å². The highest BCUT2D eigenvalue weighted by atomic mass is 15.2. The largest absolute Gasteiger partial charge is 0.367 e. The summed E-state index contributed by atoms with van der Waals surface area (Å²) < 4.78 is 0. The second-order valence-electron chi connectivity index (χ2n) is 4.94. The molecule has 0 saturated carbocycles. The number of hydrogen-bond donors (Lipinski definition) is 1. The zero-order valence-corrected chi connectivity index (χ0v) is 11.1. The van der Waals surface area contributed by atoms with Gasteiger partial charge in [0.25, 0.3) is 0 Å². The molecule has 1 atom stereocenters. The highest BCUT2D eigenvalue weighted by Crippen LogP contribution is 2.27. The Labute approximate surface area is 105 Å². The van der Waals surface area contributed by atoms with Gasteiger partial charge in [-0.25, -0.2) is 0 Å². The van der Waals surface area contributed by atoms with Crippen molar-refractivity contribution in [2.75, 3.05) is 24.5 Å². The van der Waals surface area contributed by atoms with Gasteiger partial charge in [-0.05, 0) is 44.4 Å². The van der Waals surface area contributed by atoms with Crippen LogP contribution in [0.15, 0.2) is 24.3 Å². The van der Waals surface area contributed by atoms with E-state index in [0.29, 0.717) is 6.04 Å². The summed E-state index contributed by atoms with van der Waals surface area (Å²) in [5.41, 5.74) is 2.98. The van der Waals surface area contributed by atoms with Crippen molar-refractivity contribution < 1.29 is 0 Å². The Kier molecular flexibility index (Phi) is 4.43. The first-order valence-corrected chi connectivity index (χ1v) is 6.88. The number of rotatable bonds is 4. The number of benzene rings is 1. The van der Waals surface area contributed by atoms with Crippen molar-refractivity contribution >= 4 is 5.69 Å². The van der Waals surface area contributed by atoms with Gasteiger partial charge in [-0.3, -0.25) is 0 Å². The van der Waals surface area contributed by atoms with E-state index in [9.17, 15) is 0 Å². The van der Waals surface area contributed by atoms with Crippen LogP contribution in [0.4, 0.5) is 5.69 Å². The maximum absolute atomic E-state index is 3.45. The molecule has 0 fully saturated rings. The van der Waals surface area contributed by atoms with Gasteiger partial charge >= 0.3 is 0 Å². The van der Waals surface area contributed by atoms with Crippen LogP contribution in [0.3, 0.4) is 0 Å². The number of nitrogens with zero attached hydrogens (tertiary/aromatic N) is 1. The SMILES string of the molecule is CCNCC(C)N1CCCCc2ccccc21. The van der Waals surface area contributed by atoms with Gasteiger partial charge < -0.3 is 10.2 Å². The number of likely N-dealkylation sites (N-methyl/N-ethyl adjacent to an activating group) is 1.